The molecule has 0 heterocycles. The van der Waals surface area contributed by atoms with Crippen molar-refractivity contribution in [3.05, 3.63) is 0 Å². The molecule has 0 amide bonds. The molecule has 0 spiro atoms. The molecule has 0 fully saturated rings. The van der Waals surface area contributed by atoms with Gasteiger partial charge in [0.2, 0.25) is 0 Å². The van der Waals surface area contributed by atoms with Gasteiger partial charge in [0.15, 0.2) is 0 Å². The zero-order valence-corrected chi connectivity index (χ0v) is 14.9. The number of rotatable bonds is 20. The lowest BCUT2D eigenvalue weighted by atomic mass is 10.4. The summed E-state index contributed by atoms with van der Waals surface area (Å²) in [5.74, 6) is 0. The van der Waals surface area contributed by atoms with Crippen LogP contribution >= 0.6 is 0 Å². The molecule has 24 heavy (non-hydrogen) atoms. The second kappa shape index (κ2) is 20.7. The summed E-state index contributed by atoms with van der Waals surface area (Å²) in [6.07, 6.45) is 0. The minimum absolute atomic E-state index is 0. The molecule has 0 radical (unpaired) electrons. The molecular weight excluding hydrogens is 314 g/mol. The third-order valence-corrected chi connectivity index (χ3v) is 3.07. The number of hydrogen-bond acceptors (Lipinski definition) is 9. The monoisotopic (exact) mass is 353 g/mol. The highest BCUT2D eigenvalue weighted by Crippen LogP contribution is 1.91. The molecule has 0 aliphatic heterocycles. The van der Waals surface area contributed by atoms with Crippen molar-refractivity contribution in [2.75, 3.05) is 98.8 Å². The van der Waals surface area contributed by atoms with Crippen LogP contribution in [0.2, 0.25) is 0 Å². The first-order chi connectivity index (χ1) is 11.8. The molecule has 7 N–H and O–H groups in total. The lowest BCUT2D eigenvalue weighted by molar-refractivity contribution is 0.0492. The molecule has 0 rings (SSSR count). The van der Waals surface area contributed by atoms with Crippen molar-refractivity contribution < 1.29 is 20.4 Å². The molecule has 0 atom stereocenters. The molecule has 0 saturated heterocycles. The maximum absolute atomic E-state index is 5.57. The van der Waals surface area contributed by atoms with Crippen LogP contribution < -0.4 is 22.5 Å². The van der Waals surface area contributed by atoms with Gasteiger partial charge in [-0.15, -0.1) is 0 Å². The molecule has 0 saturated carbocycles. The van der Waals surface area contributed by atoms with Crippen molar-refractivity contribution in [3.8, 4) is 0 Å². The second-order valence-corrected chi connectivity index (χ2v) is 5.10. The van der Waals surface area contributed by atoms with Crippen molar-refractivity contribution in [2.24, 2.45) is 17.2 Å². The topological polar surface area (TPSA) is 130 Å². The zero-order chi connectivity index (χ0) is 17.7. The highest BCUT2D eigenvalue weighted by atomic mass is 16.5. The molecule has 0 unspecified atom stereocenters. The summed E-state index contributed by atoms with van der Waals surface area (Å²) in [6, 6.07) is 0. The Kier molecular flexibility index (Phi) is 20.4. The summed E-state index contributed by atoms with van der Waals surface area (Å²) in [4.78, 5) is 2.25. The van der Waals surface area contributed by atoms with Gasteiger partial charge in [0, 0.05) is 47.2 Å². The molecule has 0 aliphatic rings. The Bertz CT molecular complexity index is 234. The van der Waals surface area contributed by atoms with Gasteiger partial charge in [-0.05, 0) is 0 Å². The van der Waals surface area contributed by atoms with Gasteiger partial charge in [-0.3, -0.25) is 10.2 Å². The van der Waals surface area contributed by atoms with Gasteiger partial charge < -0.3 is 36.1 Å². The minimum atomic E-state index is 0. The van der Waals surface area contributed by atoms with Gasteiger partial charge in [-0.1, -0.05) is 0 Å². The Morgan fingerprint density at radius 3 is 1.58 bits per heavy atom. The number of nitrogens with zero attached hydrogens (tertiary/aromatic N) is 1. The van der Waals surface area contributed by atoms with Crippen LogP contribution in [0.1, 0.15) is 1.43 Å². The summed E-state index contributed by atoms with van der Waals surface area (Å²) >= 11 is 0. The fraction of sp³-hybridized carbons (Fsp3) is 1.00. The Morgan fingerprint density at radius 1 is 0.625 bits per heavy atom. The number of nitrogens with one attached hydrogen (secondary N) is 1. The van der Waals surface area contributed by atoms with E-state index >= 15 is 0 Å². The zero-order valence-electron chi connectivity index (χ0n) is 14.9. The quantitative estimate of drug-likeness (QED) is 0.145. The molecule has 0 aromatic heterocycles. The predicted octanol–water partition coefficient (Wildman–Crippen LogP) is -1.98. The first-order valence-electron chi connectivity index (χ1n) is 8.69. The Labute approximate surface area is 147 Å². The van der Waals surface area contributed by atoms with E-state index in [-0.39, 0.29) is 1.43 Å². The largest absolute Gasteiger partial charge is 0.379 e. The van der Waals surface area contributed by atoms with E-state index in [1.165, 1.54) is 0 Å². The number of nitrogens with two attached hydrogens (primary N) is 3. The molecule has 0 aliphatic carbocycles. The smallest absolute Gasteiger partial charge is 0.0966 e. The van der Waals surface area contributed by atoms with Crippen LogP contribution in [0.5, 0.6) is 0 Å². The van der Waals surface area contributed by atoms with Crippen LogP contribution in [-0.2, 0) is 18.9 Å². The van der Waals surface area contributed by atoms with Crippen LogP contribution in [0.3, 0.4) is 0 Å². The van der Waals surface area contributed by atoms with Crippen molar-refractivity contribution in [1.82, 2.24) is 10.2 Å². The highest BCUT2D eigenvalue weighted by Gasteiger charge is 2.05. The fourth-order valence-corrected chi connectivity index (χ4v) is 1.83. The number of hydrogen-bond donors (Lipinski definition) is 4. The normalized spacial score (nSPS) is 11.5. The molecule has 0 aromatic rings. The van der Waals surface area contributed by atoms with Crippen LogP contribution in [-0.4, -0.2) is 104 Å². The van der Waals surface area contributed by atoms with Crippen molar-refractivity contribution >= 4 is 0 Å². The van der Waals surface area contributed by atoms with Crippen molar-refractivity contribution in [1.29, 1.82) is 0 Å². The lowest BCUT2D eigenvalue weighted by Gasteiger charge is -2.22. The Morgan fingerprint density at radius 2 is 1.08 bits per heavy atom. The maximum atomic E-state index is 5.57. The van der Waals surface area contributed by atoms with Crippen LogP contribution in [0.4, 0.5) is 0 Å². The molecular formula is C15H39N5O4. The fourth-order valence-electron chi connectivity index (χ4n) is 1.83. The van der Waals surface area contributed by atoms with Crippen LogP contribution in [0, 0.1) is 0 Å². The Balaban J connectivity index is 0. The van der Waals surface area contributed by atoms with Gasteiger partial charge in [0.25, 0.3) is 0 Å². The number of ether oxygens (including phenoxy) is 4. The highest BCUT2D eigenvalue weighted by molar-refractivity contribution is 4.57. The SMILES string of the molecule is NCCOCCNCOCCN(CCOCCN)CCOCCN.[HH]. The van der Waals surface area contributed by atoms with E-state index in [0.29, 0.717) is 72.6 Å². The van der Waals surface area contributed by atoms with Gasteiger partial charge >= 0.3 is 0 Å². The third kappa shape index (κ3) is 18.0. The first-order valence-corrected chi connectivity index (χ1v) is 8.69. The maximum Gasteiger partial charge on any atom is 0.0966 e. The van der Waals surface area contributed by atoms with Crippen molar-refractivity contribution in [3.63, 3.8) is 0 Å². The van der Waals surface area contributed by atoms with E-state index in [1.807, 2.05) is 0 Å². The average molecular weight is 354 g/mol. The van der Waals surface area contributed by atoms with E-state index in [9.17, 15) is 0 Å². The van der Waals surface area contributed by atoms with Gasteiger partial charge in [0.1, 0.15) is 0 Å². The molecule has 9 nitrogen and oxygen atoms in total. The first kappa shape index (κ1) is 23.6. The standard InChI is InChI=1S/C15H37N5O4.H2/c16-1-8-21-11-4-19-15-24-14-7-20(5-12-22-9-2-17)6-13-23-10-3-18;/h19H,1-18H2;1H. The van der Waals surface area contributed by atoms with Crippen LogP contribution in [0.25, 0.3) is 0 Å². The average Bonchev–Trinajstić information content (AvgIpc) is 2.60. The van der Waals surface area contributed by atoms with Gasteiger partial charge in [-0.25, -0.2) is 0 Å². The minimum Gasteiger partial charge on any atom is -0.379 e. The van der Waals surface area contributed by atoms with Gasteiger partial charge in [0.05, 0.1) is 53.0 Å². The molecule has 9 heteroatoms. The van der Waals surface area contributed by atoms with Gasteiger partial charge in [-0.2, -0.15) is 0 Å². The van der Waals surface area contributed by atoms with E-state index in [4.69, 9.17) is 36.1 Å². The molecule has 0 bridgehead atoms. The summed E-state index contributed by atoms with van der Waals surface area (Å²) in [7, 11) is 0. The molecule has 148 valence electrons. The lowest BCUT2D eigenvalue weighted by Crippen LogP contribution is -2.35. The summed E-state index contributed by atoms with van der Waals surface area (Å²) in [5.41, 5.74) is 16.2. The predicted molar refractivity (Wildman–Crippen MR) is 97.0 cm³/mol. The summed E-state index contributed by atoms with van der Waals surface area (Å²) in [6.45, 7) is 9.75. The summed E-state index contributed by atoms with van der Waals surface area (Å²) in [5, 5.41) is 3.15. The van der Waals surface area contributed by atoms with E-state index in [0.717, 1.165) is 26.2 Å². The van der Waals surface area contributed by atoms with Crippen LogP contribution in [0.15, 0.2) is 0 Å². The van der Waals surface area contributed by atoms with E-state index in [1.54, 1.807) is 0 Å². The summed E-state index contributed by atoms with van der Waals surface area (Å²) < 4.78 is 21.7. The second-order valence-electron chi connectivity index (χ2n) is 5.10. The molecule has 0 aromatic carbocycles. The van der Waals surface area contributed by atoms with E-state index in [2.05, 4.69) is 10.2 Å². The van der Waals surface area contributed by atoms with E-state index < -0.39 is 0 Å². The third-order valence-electron chi connectivity index (χ3n) is 3.07. The van der Waals surface area contributed by atoms with Crippen molar-refractivity contribution in [2.45, 2.75) is 0 Å². The Hall–Kier alpha value is -0.360.